The number of nitrogens with one attached hydrogen (secondary N) is 1. The molecule has 0 bridgehead atoms. The molecule has 3 aromatic rings. The first-order chi connectivity index (χ1) is 8.78. The Kier molecular flexibility index (Phi) is 3.20. The normalized spacial score (nSPS) is 13.2. The Hall–Kier alpha value is -1.17. The molecule has 0 aliphatic rings. The highest BCUT2D eigenvalue weighted by Gasteiger charge is 2.17. The molecule has 0 saturated heterocycles. The highest BCUT2D eigenvalue weighted by molar-refractivity contribution is 7.27. The van der Waals surface area contributed by atoms with Gasteiger partial charge in [-0.25, -0.2) is 0 Å². The number of fused-ring (bicyclic) bond motifs is 1. The molecule has 1 atom stereocenters. The van der Waals surface area contributed by atoms with E-state index in [1.807, 2.05) is 29.3 Å². The molecule has 3 heterocycles. The van der Waals surface area contributed by atoms with Gasteiger partial charge in [0.25, 0.3) is 0 Å². The molecule has 18 heavy (non-hydrogen) atoms. The molecule has 0 spiro atoms. The summed E-state index contributed by atoms with van der Waals surface area (Å²) < 4.78 is 4.61. The fourth-order valence-electron chi connectivity index (χ4n) is 2.10. The van der Waals surface area contributed by atoms with Crippen molar-refractivity contribution in [1.82, 2.24) is 15.1 Å². The first-order valence-electron chi connectivity index (χ1n) is 5.97. The van der Waals surface area contributed by atoms with Gasteiger partial charge in [0.05, 0.1) is 12.2 Å². The summed E-state index contributed by atoms with van der Waals surface area (Å²) in [5.74, 6) is 0. The van der Waals surface area contributed by atoms with E-state index in [4.69, 9.17) is 0 Å². The minimum absolute atomic E-state index is 0.258. The van der Waals surface area contributed by atoms with E-state index in [1.165, 1.54) is 19.8 Å². The van der Waals surface area contributed by atoms with E-state index >= 15 is 0 Å². The van der Waals surface area contributed by atoms with E-state index in [9.17, 15) is 0 Å². The van der Waals surface area contributed by atoms with Crippen LogP contribution in [0.25, 0.3) is 9.40 Å². The van der Waals surface area contributed by atoms with Crippen LogP contribution in [0.4, 0.5) is 0 Å². The van der Waals surface area contributed by atoms with Gasteiger partial charge >= 0.3 is 0 Å². The molecule has 0 amide bonds. The van der Waals surface area contributed by atoms with Crippen molar-refractivity contribution in [1.29, 1.82) is 0 Å². The smallest absolute Gasteiger partial charge is 0.0702 e. The lowest BCUT2D eigenvalue weighted by Crippen LogP contribution is -2.20. The maximum atomic E-state index is 4.27. The van der Waals surface area contributed by atoms with Crippen LogP contribution in [0.2, 0.25) is 0 Å². The summed E-state index contributed by atoms with van der Waals surface area (Å²) in [6.45, 7) is 3.09. The Labute approximate surface area is 114 Å². The molecule has 0 saturated carbocycles. The summed E-state index contributed by atoms with van der Waals surface area (Å²) in [6, 6.07) is 4.75. The van der Waals surface area contributed by atoms with Gasteiger partial charge in [0.15, 0.2) is 0 Å². The average molecular weight is 277 g/mol. The second-order valence-corrected chi connectivity index (χ2v) is 6.30. The zero-order chi connectivity index (χ0) is 12.5. The van der Waals surface area contributed by atoms with Crippen LogP contribution in [0, 0.1) is 0 Å². The molecule has 3 rings (SSSR count). The molecule has 3 aromatic heterocycles. The molecule has 3 nitrogen and oxygen atoms in total. The quantitative estimate of drug-likeness (QED) is 0.792. The van der Waals surface area contributed by atoms with Crippen LogP contribution in [0.1, 0.15) is 23.4 Å². The van der Waals surface area contributed by atoms with Crippen LogP contribution in [-0.2, 0) is 7.05 Å². The first kappa shape index (κ1) is 11.9. The summed E-state index contributed by atoms with van der Waals surface area (Å²) in [7, 11) is 1.96. The van der Waals surface area contributed by atoms with E-state index in [-0.39, 0.29) is 6.04 Å². The van der Waals surface area contributed by atoms with Crippen molar-refractivity contribution in [2.24, 2.45) is 7.05 Å². The summed E-state index contributed by atoms with van der Waals surface area (Å²) in [5.41, 5.74) is 1.23. The Bertz CT molecular complexity index is 621. The zero-order valence-corrected chi connectivity index (χ0v) is 12.0. The lowest BCUT2D eigenvalue weighted by atomic mass is 10.1. The summed E-state index contributed by atoms with van der Waals surface area (Å²) >= 11 is 3.67. The number of hydrogen-bond donors (Lipinski definition) is 1. The van der Waals surface area contributed by atoms with Crippen LogP contribution >= 0.6 is 22.7 Å². The highest BCUT2D eigenvalue weighted by Crippen LogP contribution is 2.35. The van der Waals surface area contributed by atoms with Crippen LogP contribution < -0.4 is 5.32 Å². The van der Waals surface area contributed by atoms with Crippen molar-refractivity contribution >= 4 is 32.1 Å². The molecule has 94 valence electrons. The van der Waals surface area contributed by atoms with Crippen molar-refractivity contribution in [2.75, 3.05) is 6.54 Å². The molecule has 0 aliphatic heterocycles. The van der Waals surface area contributed by atoms with Crippen molar-refractivity contribution in [3.63, 3.8) is 0 Å². The van der Waals surface area contributed by atoms with Crippen molar-refractivity contribution < 1.29 is 0 Å². The Morgan fingerprint density at radius 2 is 2.33 bits per heavy atom. The van der Waals surface area contributed by atoms with Crippen LogP contribution in [0.5, 0.6) is 0 Å². The molecule has 1 N–H and O–H groups in total. The predicted molar refractivity (Wildman–Crippen MR) is 78.4 cm³/mol. The average Bonchev–Trinajstić information content (AvgIpc) is 3.00. The fraction of sp³-hybridized carbons (Fsp3) is 0.308. The maximum absolute atomic E-state index is 4.27. The zero-order valence-electron chi connectivity index (χ0n) is 10.4. The molecule has 0 fully saturated rings. The first-order valence-corrected chi connectivity index (χ1v) is 7.66. The summed E-state index contributed by atoms with van der Waals surface area (Å²) in [5, 5.41) is 9.96. The lowest BCUT2D eigenvalue weighted by Gasteiger charge is -2.14. The number of rotatable bonds is 4. The Balaban J connectivity index is 2.00. The van der Waals surface area contributed by atoms with Gasteiger partial charge in [-0.05, 0) is 24.1 Å². The number of thiophene rings is 2. The van der Waals surface area contributed by atoms with E-state index in [1.54, 1.807) is 11.3 Å². The van der Waals surface area contributed by atoms with Gasteiger partial charge < -0.3 is 5.32 Å². The van der Waals surface area contributed by atoms with E-state index in [2.05, 4.69) is 41.0 Å². The molecular weight excluding hydrogens is 262 g/mol. The van der Waals surface area contributed by atoms with E-state index < -0.39 is 0 Å². The van der Waals surface area contributed by atoms with Crippen LogP contribution in [0.15, 0.2) is 29.9 Å². The summed E-state index contributed by atoms with van der Waals surface area (Å²) in [4.78, 5) is 1.37. The van der Waals surface area contributed by atoms with E-state index in [0.717, 1.165) is 6.54 Å². The number of aromatic nitrogens is 2. The monoisotopic (exact) mass is 277 g/mol. The minimum atomic E-state index is 0.258. The molecule has 5 heteroatoms. The second kappa shape index (κ2) is 4.84. The van der Waals surface area contributed by atoms with Gasteiger partial charge in [-0.2, -0.15) is 5.10 Å². The number of nitrogens with zero attached hydrogens (tertiary/aromatic N) is 2. The maximum Gasteiger partial charge on any atom is 0.0702 e. The lowest BCUT2D eigenvalue weighted by molar-refractivity contribution is 0.639. The van der Waals surface area contributed by atoms with E-state index in [0.29, 0.717) is 0 Å². The van der Waals surface area contributed by atoms with Gasteiger partial charge in [-0.1, -0.05) is 6.92 Å². The van der Waals surface area contributed by atoms with Crippen LogP contribution in [0.3, 0.4) is 0 Å². The van der Waals surface area contributed by atoms with Gasteiger partial charge in [-0.15, -0.1) is 22.7 Å². The minimum Gasteiger partial charge on any atom is -0.306 e. The van der Waals surface area contributed by atoms with Crippen LogP contribution in [-0.4, -0.2) is 16.3 Å². The van der Waals surface area contributed by atoms with Gasteiger partial charge in [-0.3, -0.25) is 4.68 Å². The second-order valence-electron chi connectivity index (χ2n) is 4.24. The molecule has 0 radical (unpaired) electrons. The third kappa shape index (κ3) is 2.09. The molecular formula is C13H15N3S2. The predicted octanol–water partition coefficient (Wildman–Crippen LogP) is 3.40. The third-order valence-electron chi connectivity index (χ3n) is 2.91. The Morgan fingerprint density at radius 1 is 1.44 bits per heavy atom. The highest BCUT2D eigenvalue weighted by atomic mass is 32.1. The van der Waals surface area contributed by atoms with Crippen molar-refractivity contribution in [2.45, 2.75) is 13.0 Å². The Morgan fingerprint density at radius 3 is 3.00 bits per heavy atom. The summed E-state index contributed by atoms with van der Waals surface area (Å²) in [6.07, 6.45) is 4.03. The molecule has 0 aromatic carbocycles. The largest absolute Gasteiger partial charge is 0.306 e. The van der Waals surface area contributed by atoms with Crippen molar-refractivity contribution in [3.8, 4) is 0 Å². The van der Waals surface area contributed by atoms with Crippen molar-refractivity contribution in [3.05, 3.63) is 40.3 Å². The molecule has 0 aliphatic carbocycles. The van der Waals surface area contributed by atoms with Gasteiger partial charge in [0, 0.05) is 33.1 Å². The topological polar surface area (TPSA) is 29.9 Å². The fourth-order valence-corrected chi connectivity index (χ4v) is 4.33. The number of aryl methyl sites for hydroxylation is 1. The number of hydrogen-bond acceptors (Lipinski definition) is 4. The van der Waals surface area contributed by atoms with Gasteiger partial charge in [0.1, 0.15) is 0 Å². The molecule has 1 unspecified atom stereocenters. The third-order valence-corrected chi connectivity index (χ3v) is 5.07. The SMILES string of the molecule is CCNC(c1cnn(C)c1)c1cc2sccc2s1. The standard InChI is InChI=1S/C13H15N3S2/c1-3-14-13(9-7-15-16(2)8-9)12-6-11-10(18-12)4-5-17-11/h4-8,13-14H,3H2,1-2H3. The van der Waals surface area contributed by atoms with Gasteiger partial charge in [0.2, 0.25) is 0 Å².